The number of fused-ring (bicyclic) bond motifs is 5. The first kappa shape index (κ1) is 40.8. The zero-order valence-electron chi connectivity index (χ0n) is 31.8. The van der Waals surface area contributed by atoms with Crippen molar-refractivity contribution >= 4 is 5.78 Å². The van der Waals surface area contributed by atoms with Gasteiger partial charge in [-0.05, 0) is 142 Å². The first-order valence-corrected chi connectivity index (χ1v) is 20.4. The van der Waals surface area contributed by atoms with Crippen molar-refractivity contribution in [1.29, 1.82) is 0 Å². The van der Waals surface area contributed by atoms with Gasteiger partial charge in [-0.2, -0.15) is 0 Å². The largest absolute Gasteiger partial charge is 0.508 e. The zero-order chi connectivity index (χ0) is 37.1. The number of halogens is 1. The lowest BCUT2D eigenvalue weighted by Gasteiger charge is -2.59. The Bertz CT molecular complexity index is 1390. The summed E-state index contributed by atoms with van der Waals surface area (Å²) in [6, 6.07) is 15.4. The highest BCUT2D eigenvalue weighted by atomic mass is 19.1. The number of ether oxygens (including phenoxy) is 1. The second-order valence-corrected chi connectivity index (χ2v) is 16.8. The average Bonchev–Trinajstić information content (AvgIpc) is 3.38. The van der Waals surface area contributed by atoms with Gasteiger partial charge in [-0.15, -0.1) is 0 Å². The Hall–Kier alpha value is -2.36. The standard InChI is InChI=1S/C25H37NO4.C19H29FO2/c27-20-23-18-22(13-14-24(23)28)25(29)19-26-15-7-1-2-8-16-30-17-9-6-12-21-10-4-3-5-11-21;1-18-7-5-12(21)9-11(18)3-4-13-14(18)6-8-19(2)15(13)10-16(20)17(19)22/h3-5,10-11,13-14,18,25-29H,1-2,6-9,12,15-17,19-20H2;11-16,21H,3-10H2,1-2H3/t;11-,12-,13+,14-,15-,16+,18-,19-/m.0/s1. The molecule has 0 radical (unpaired) electrons. The summed E-state index contributed by atoms with van der Waals surface area (Å²) in [5.41, 5.74) is 2.45. The smallest absolute Gasteiger partial charge is 0.173 e. The van der Waals surface area contributed by atoms with Crippen molar-refractivity contribution in [2.75, 3.05) is 26.3 Å². The van der Waals surface area contributed by atoms with E-state index in [1.165, 1.54) is 18.1 Å². The maximum absolute atomic E-state index is 14.1. The van der Waals surface area contributed by atoms with Crippen molar-refractivity contribution in [3.63, 3.8) is 0 Å². The van der Waals surface area contributed by atoms with Gasteiger partial charge in [-0.25, -0.2) is 4.39 Å². The van der Waals surface area contributed by atoms with E-state index in [2.05, 4.69) is 42.6 Å². The van der Waals surface area contributed by atoms with Crippen LogP contribution in [0.4, 0.5) is 4.39 Å². The van der Waals surface area contributed by atoms with E-state index in [0.29, 0.717) is 47.3 Å². The quantitative estimate of drug-likeness (QED) is 0.111. The number of ketones is 1. The van der Waals surface area contributed by atoms with Crippen LogP contribution < -0.4 is 5.32 Å². The van der Waals surface area contributed by atoms with Crippen LogP contribution in [0.5, 0.6) is 5.75 Å². The van der Waals surface area contributed by atoms with Crippen molar-refractivity contribution in [2.24, 2.45) is 34.5 Å². The third-order valence-electron chi connectivity index (χ3n) is 13.6. The highest BCUT2D eigenvalue weighted by Gasteiger charge is 2.62. The highest BCUT2D eigenvalue weighted by molar-refractivity contribution is 5.91. The zero-order valence-corrected chi connectivity index (χ0v) is 31.8. The van der Waals surface area contributed by atoms with E-state index in [1.807, 2.05) is 6.92 Å². The van der Waals surface area contributed by atoms with Gasteiger partial charge in [-0.1, -0.05) is 63.1 Å². The van der Waals surface area contributed by atoms with Gasteiger partial charge in [0.05, 0.1) is 18.8 Å². The summed E-state index contributed by atoms with van der Waals surface area (Å²) in [4.78, 5) is 12.3. The second kappa shape index (κ2) is 19.3. The van der Waals surface area contributed by atoms with Crippen LogP contribution in [0.3, 0.4) is 0 Å². The minimum absolute atomic E-state index is 0.0533. The molecule has 7 nitrogen and oxygen atoms in total. The van der Waals surface area contributed by atoms with E-state index in [0.717, 1.165) is 103 Å². The lowest BCUT2D eigenvalue weighted by atomic mass is 9.45. The molecular formula is C44H66FNO6. The number of phenols is 1. The maximum atomic E-state index is 14.1. The number of hydrogen-bond acceptors (Lipinski definition) is 7. The summed E-state index contributed by atoms with van der Waals surface area (Å²) in [6.07, 6.45) is 13.6. The predicted molar refractivity (Wildman–Crippen MR) is 204 cm³/mol. The van der Waals surface area contributed by atoms with Crippen LogP contribution in [0.25, 0.3) is 0 Å². The van der Waals surface area contributed by atoms with Crippen molar-refractivity contribution in [1.82, 2.24) is 5.32 Å². The van der Waals surface area contributed by atoms with Gasteiger partial charge in [-0.3, -0.25) is 4.79 Å². The highest BCUT2D eigenvalue weighted by Crippen LogP contribution is 2.65. The minimum Gasteiger partial charge on any atom is -0.508 e. The number of unbranched alkanes of at least 4 members (excludes halogenated alkanes) is 4. The Labute approximate surface area is 311 Å². The number of rotatable bonds is 16. The minimum atomic E-state index is -1.22. The Morgan fingerprint density at radius 2 is 1.65 bits per heavy atom. The molecule has 0 aliphatic heterocycles. The number of alkyl halides is 1. The van der Waals surface area contributed by atoms with E-state index in [1.54, 1.807) is 12.1 Å². The summed E-state index contributed by atoms with van der Waals surface area (Å²) in [5.74, 6) is 1.99. The molecule has 6 rings (SSSR count). The number of aromatic hydroxyl groups is 1. The van der Waals surface area contributed by atoms with Crippen molar-refractivity contribution in [3.8, 4) is 5.75 Å². The van der Waals surface area contributed by atoms with E-state index >= 15 is 0 Å². The molecule has 4 aliphatic carbocycles. The second-order valence-electron chi connectivity index (χ2n) is 16.8. The number of Topliss-reactive ketones (excluding diaryl/α,β-unsaturated/α-hetero) is 1. The molecule has 0 saturated heterocycles. The Morgan fingerprint density at radius 3 is 2.42 bits per heavy atom. The molecule has 290 valence electrons. The van der Waals surface area contributed by atoms with Crippen LogP contribution in [-0.4, -0.2) is 64.8 Å². The van der Waals surface area contributed by atoms with Crippen LogP contribution in [0, 0.1) is 34.5 Å². The fourth-order valence-corrected chi connectivity index (χ4v) is 10.4. The Kier molecular flexibility index (Phi) is 15.1. The molecule has 2 aromatic carbocycles. The number of hydrogen-bond donors (Lipinski definition) is 5. The first-order valence-electron chi connectivity index (χ1n) is 20.4. The molecule has 5 N–H and O–H groups in total. The number of aliphatic hydroxyl groups is 3. The summed E-state index contributed by atoms with van der Waals surface area (Å²) < 4.78 is 19.8. The van der Waals surface area contributed by atoms with Gasteiger partial charge in [0.2, 0.25) is 0 Å². The molecule has 1 unspecified atom stereocenters. The molecule has 0 spiro atoms. The molecule has 52 heavy (non-hydrogen) atoms. The topological polar surface area (TPSA) is 119 Å². The Balaban J connectivity index is 0.000000209. The van der Waals surface area contributed by atoms with Gasteiger partial charge < -0.3 is 30.5 Å². The number of carbonyl (C=O) groups excluding carboxylic acids is 1. The van der Waals surface area contributed by atoms with Crippen LogP contribution in [0.1, 0.15) is 127 Å². The van der Waals surface area contributed by atoms with E-state index in [9.17, 15) is 29.6 Å². The number of aryl methyl sites for hydroxylation is 1. The normalized spacial score (nSPS) is 31.5. The van der Waals surface area contributed by atoms with Gasteiger partial charge in [0, 0.05) is 30.7 Å². The fourth-order valence-electron chi connectivity index (χ4n) is 10.4. The van der Waals surface area contributed by atoms with Crippen molar-refractivity contribution in [2.45, 2.75) is 135 Å². The molecule has 2 aromatic rings. The summed E-state index contributed by atoms with van der Waals surface area (Å²) >= 11 is 0. The molecule has 8 heteroatoms. The summed E-state index contributed by atoms with van der Waals surface area (Å²) in [5, 5.41) is 42.3. The van der Waals surface area contributed by atoms with E-state index < -0.39 is 17.7 Å². The van der Waals surface area contributed by atoms with Gasteiger partial charge >= 0.3 is 0 Å². The average molecular weight is 724 g/mol. The van der Waals surface area contributed by atoms with E-state index in [-0.39, 0.29) is 30.2 Å². The summed E-state index contributed by atoms with van der Waals surface area (Å²) in [7, 11) is 0. The van der Waals surface area contributed by atoms with Crippen LogP contribution in [-0.2, 0) is 22.6 Å². The van der Waals surface area contributed by atoms with Gasteiger partial charge in [0.25, 0.3) is 0 Å². The third kappa shape index (κ3) is 10.0. The van der Waals surface area contributed by atoms with Crippen LogP contribution in [0.15, 0.2) is 48.5 Å². The van der Waals surface area contributed by atoms with Crippen LogP contribution >= 0.6 is 0 Å². The van der Waals surface area contributed by atoms with Crippen molar-refractivity contribution in [3.05, 3.63) is 65.2 Å². The van der Waals surface area contributed by atoms with Gasteiger partial charge in [0.1, 0.15) is 5.75 Å². The molecule has 0 amide bonds. The molecule has 4 saturated carbocycles. The molecular weight excluding hydrogens is 657 g/mol. The maximum Gasteiger partial charge on any atom is 0.173 e. The Morgan fingerprint density at radius 1 is 0.904 bits per heavy atom. The first-order chi connectivity index (χ1) is 25.1. The lowest BCUT2D eigenvalue weighted by Crippen LogP contribution is -2.54. The summed E-state index contributed by atoms with van der Waals surface area (Å²) in [6.45, 7) is 7.23. The molecule has 4 aliphatic rings. The van der Waals surface area contributed by atoms with Crippen LogP contribution in [0.2, 0.25) is 0 Å². The molecule has 4 fully saturated rings. The number of carbonyl (C=O) groups is 1. The predicted octanol–water partition coefficient (Wildman–Crippen LogP) is 8.01. The SMILES string of the molecule is C[C@]12CC[C@H](O)C[C@@H]1CC[C@@H]1[C@@H]2CC[C@]2(C)C(=O)[C@H](F)C[C@@H]12.OCc1cc(C(O)CNCCCCCCOCCCCc2ccccc2)ccc1O. The molecule has 9 atom stereocenters. The molecule has 0 bridgehead atoms. The van der Waals surface area contributed by atoms with Gasteiger partial charge in [0.15, 0.2) is 12.0 Å². The fraction of sp³-hybridized carbons (Fsp3) is 0.705. The monoisotopic (exact) mass is 723 g/mol. The van der Waals surface area contributed by atoms with E-state index in [4.69, 9.17) is 4.74 Å². The molecule has 0 aromatic heterocycles. The third-order valence-corrected chi connectivity index (χ3v) is 13.6. The lowest BCUT2D eigenvalue weighted by molar-refractivity contribution is -0.143. The van der Waals surface area contributed by atoms with Crippen molar-refractivity contribution < 1.29 is 34.3 Å². The number of nitrogens with one attached hydrogen (secondary N) is 1. The number of aliphatic hydroxyl groups excluding tert-OH is 3. The molecule has 0 heterocycles. The number of benzene rings is 2.